The van der Waals surface area contributed by atoms with Crippen molar-refractivity contribution in [3.63, 3.8) is 0 Å². The molecule has 0 unspecified atom stereocenters. The predicted octanol–water partition coefficient (Wildman–Crippen LogP) is 3.07. The molecule has 0 radical (unpaired) electrons. The van der Waals surface area contributed by atoms with Crippen LogP contribution in [0.15, 0.2) is 48.5 Å². The summed E-state index contributed by atoms with van der Waals surface area (Å²) in [5.41, 5.74) is 2.18. The lowest BCUT2D eigenvalue weighted by Gasteiger charge is -2.07. The second-order valence-electron chi connectivity index (χ2n) is 5.49. The molecule has 0 bridgehead atoms. The van der Waals surface area contributed by atoms with Gasteiger partial charge in [-0.25, -0.2) is 4.39 Å². The summed E-state index contributed by atoms with van der Waals surface area (Å²) in [6, 6.07) is 12.9. The van der Waals surface area contributed by atoms with E-state index in [1.165, 1.54) is 36.0 Å². The molecule has 0 heterocycles. The molecule has 5 nitrogen and oxygen atoms in total. The number of carbonyl (C=O) groups excluding carboxylic acids is 2. The Bertz CT molecular complexity index is 721. The van der Waals surface area contributed by atoms with Crippen molar-refractivity contribution in [2.24, 2.45) is 0 Å². The number of hydrogen-bond donors (Lipinski definition) is 2. The van der Waals surface area contributed by atoms with Crippen LogP contribution in [0.3, 0.4) is 0 Å². The fourth-order valence-corrected chi connectivity index (χ4v) is 2.90. The van der Waals surface area contributed by atoms with E-state index in [2.05, 4.69) is 10.6 Å². The largest absolute Gasteiger partial charge is 0.383 e. The highest BCUT2D eigenvalue weighted by molar-refractivity contribution is 7.99. The van der Waals surface area contributed by atoms with Gasteiger partial charge in [-0.2, -0.15) is 0 Å². The lowest BCUT2D eigenvalue weighted by Crippen LogP contribution is -2.26. The highest BCUT2D eigenvalue weighted by atomic mass is 32.2. The molecule has 7 heteroatoms. The molecule has 2 rings (SSSR count). The molecule has 2 amide bonds. The van der Waals surface area contributed by atoms with Gasteiger partial charge >= 0.3 is 0 Å². The SMILES string of the molecule is COCCNC(=O)c1ccc(CSCC(=O)Nc2ccc(F)cc2)cc1. The number of rotatable bonds is 9. The number of thioether (sulfide) groups is 1. The summed E-state index contributed by atoms with van der Waals surface area (Å²) in [5, 5.41) is 5.47. The Balaban J connectivity index is 1.72. The molecule has 2 aromatic carbocycles. The molecule has 2 N–H and O–H groups in total. The molecule has 0 fully saturated rings. The minimum absolute atomic E-state index is 0.139. The van der Waals surface area contributed by atoms with Crippen molar-refractivity contribution in [1.82, 2.24) is 5.32 Å². The Labute approximate surface area is 156 Å². The average Bonchev–Trinajstić information content (AvgIpc) is 2.64. The van der Waals surface area contributed by atoms with E-state index in [1.54, 1.807) is 19.2 Å². The zero-order chi connectivity index (χ0) is 18.8. The van der Waals surface area contributed by atoms with Gasteiger partial charge in [0.25, 0.3) is 5.91 Å². The quantitative estimate of drug-likeness (QED) is 0.660. The topological polar surface area (TPSA) is 67.4 Å². The smallest absolute Gasteiger partial charge is 0.251 e. The maximum atomic E-state index is 12.8. The number of nitrogens with one attached hydrogen (secondary N) is 2. The Hall–Kier alpha value is -2.38. The van der Waals surface area contributed by atoms with Crippen LogP contribution in [-0.2, 0) is 15.3 Å². The van der Waals surface area contributed by atoms with Crippen molar-refractivity contribution < 1.29 is 18.7 Å². The van der Waals surface area contributed by atoms with Gasteiger partial charge in [0.15, 0.2) is 0 Å². The van der Waals surface area contributed by atoms with E-state index in [-0.39, 0.29) is 23.4 Å². The summed E-state index contributed by atoms with van der Waals surface area (Å²) < 4.78 is 17.7. The fraction of sp³-hybridized carbons (Fsp3) is 0.263. The van der Waals surface area contributed by atoms with Crippen LogP contribution in [0.2, 0.25) is 0 Å². The van der Waals surface area contributed by atoms with Crippen LogP contribution < -0.4 is 10.6 Å². The molecular weight excluding hydrogens is 355 g/mol. The number of anilines is 1. The molecule has 0 spiro atoms. The Kier molecular flexibility index (Phi) is 8.11. The number of ether oxygens (including phenoxy) is 1. The molecule has 0 saturated heterocycles. The van der Waals surface area contributed by atoms with Gasteiger partial charge in [0.05, 0.1) is 12.4 Å². The van der Waals surface area contributed by atoms with E-state index >= 15 is 0 Å². The number of carbonyl (C=O) groups is 2. The zero-order valence-electron chi connectivity index (χ0n) is 14.5. The summed E-state index contributed by atoms with van der Waals surface area (Å²) >= 11 is 1.46. The van der Waals surface area contributed by atoms with Crippen molar-refractivity contribution in [2.45, 2.75) is 5.75 Å². The van der Waals surface area contributed by atoms with E-state index in [1.807, 2.05) is 12.1 Å². The second kappa shape index (κ2) is 10.6. The van der Waals surface area contributed by atoms with Gasteiger partial charge in [-0.05, 0) is 42.0 Å². The molecule has 2 aromatic rings. The number of halogens is 1. The molecular formula is C19H21FN2O3S. The molecule has 0 aromatic heterocycles. The van der Waals surface area contributed by atoms with Crippen LogP contribution in [0.1, 0.15) is 15.9 Å². The van der Waals surface area contributed by atoms with E-state index in [0.717, 1.165) is 5.56 Å². The summed E-state index contributed by atoms with van der Waals surface area (Å²) in [4.78, 5) is 23.7. The third-order valence-corrected chi connectivity index (χ3v) is 4.44. The number of methoxy groups -OCH3 is 1. The molecule has 0 aliphatic rings. The van der Waals surface area contributed by atoms with Gasteiger partial charge in [0.1, 0.15) is 5.82 Å². The first-order valence-electron chi connectivity index (χ1n) is 8.07. The first-order chi connectivity index (χ1) is 12.6. The molecule has 26 heavy (non-hydrogen) atoms. The lowest BCUT2D eigenvalue weighted by atomic mass is 10.1. The number of amides is 2. The third kappa shape index (κ3) is 6.85. The lowest BCUT2D eigenvalue weighted by molar-refractivity contribution is -0.113. The maximum Gasteiger partial charge on any atom is 0.251 e. The van der Waals surface area contributed by atoms with Gasteiger partial charge in [-0.3, -0.25) is 9.59 Å². The van der Waals surface area contributed by atoms with Gasteiger partial charge in [-0.15, -0.1) is 11.8 Å². The first-order valence-corrected chi connectivity index (χ1v) is 9.23. The van der Waals surface area contributed by atoms with Gasteiger partial charge < -0.3 is 15.4 Å². The second-order valence-corrected chi connectivity index (χ2v) is 6.48. The summed E-state index contributed by atoms with van der Waals surface area (Å²) in [7, 11) is 1.58. The van der Waals surface area contributed by atoms with E-state index in [9.17, 15) is 14.0 Å². The molecule has 0 atom stereocenters. The Morgan fingerprint density at radius 3 is 2.42 bits per heavy atom. The van der Waals surface area contributed by atoms with Crippen LogP contribution in [0.25, 0.3) is 0 Å². The van der Waals surface area contributed by atoms with Crippen LogP contribution >= 0.6 is 11.8 Å². The van der Waals surface area contributed by atoms with Crippen molar-refractivity contribution >= 4 is 29.3 Å². The van der Waals surface area contributed by atoms with Crippen LogP contribution in [0.5, 0.6) is 0 Å². The number of benzene rings is 2. The molecule has 0 saturated carbocycles. The summed E-state index contributed by atoms with van der Waals surface area (Å²) in [6.07, 6.45) is 0. The molecule has 138 valence electrons. The monoisotopic (exact) mass is 376 g/mol. The van der Waals surface area contributed by atoms with Crippen LogP contribution in [-0.4, -0.2) is 37.8 Å². The highest BCUT2D eigenvalue weighted by Crippen LogP contribution is 2.14. The Morgan fingerprint density at radius 1 is 1.08 bits per heavy atom. The van der Waals surface area contributed by atoms with E-state index in [0.29, 0.717) is 30.2 Å². The minimum atomic E-state index is -0.340. The molecule has 0 aliphatic heterocycles. The van der Waals surface area contributed by atoms with E-state index < -0.39 is 0 Å². The zero-order valence-corrected chi connectivity index (χ0v) is 15.3. The van der Waals surface area contributed by atoms with Crippen molar-refractivity contribution in [3.05, 3.63) is 65.5 Å². The van der Waals surface area contributed by atoms with Crippen molar-refractivity contribution in [3.8, 4) is 0 Å². The van der Waals surface area contributed by atoms with E-state index in [4.69, 9.17) is 4.74 Å². The van der Waals surface area contributed by atoms with Crippen LogP contribution in [0, 0.1) is 5.82 Å². The minimum Gasteiger partial charge on any atom is -0.383 e. The average molecular weight is 376 g/mol. The van der Waals surface area contributed by atoms with Crippen molar-refractivity contribution in [1.29, 1.82) is 0 Å². The first kappa shape index (κ1) is 19.9. The standard InChI is InChI=1S/C19H21FN2O3S/c1-25-11-10-21-19(24)15-4-2-14(3-5-15)12-26-13-18(23)22-17-8-6-16(20)7-9-17/h2-9H,10-13H2,1H3,(H,21,24)(H,22,23). The van der Waals surface area contributed by atoms with Crippen LogP contribution in [0.4, 0.5) is 10.1 Å². The highest BCUT2D eigenvalue weighted by Gasteiger charge is 2.06. The van der Waals surface area contributed by atoms with Gasteiger partial charge in [0.2, 0.25) is 5.91 Å². The van der Waals surface area contributed by atoms with Crippen molar-refractivity contribution in [2.75, 3.05) is 31.3 Å². The summed E-state index contributed by atoms with van der Waals surface area (Å²) in [6.45, 7) is 0.941. The fourth-order valence-electron chi connectivity index (χ4n) is 2.11. The normalized spacial score (nSPS) is 10.4. The maximum absolute atomic E-state index is 12.8. The summed E-state index contributed by atoms with van der Waals surface area (Å²) in [5.74, 6) is 0.322. The number of hydrogen-bond acceptors (Lipinski definition) is 4. The Morgan fingerprint density at radius 2 is 1.77 bits per heavy atom. The van der Waals surface area contributed by atoms with Gasteiger partial charge in [-0.1, -0.05) is 12.1 Å². The predicted molar refractivity (Wildman–Crippen MR) is 102 cm³/mol. The molecule has 0 aliphatic carbocycles. The third-order valence-electron chi connectivity index (χ3n) is 3.44. The van der Waals surface area contributed by atoms with Gasteiger partial charge in [0, 0.05) is 30.7 Å².